The van der Waals surface area contributed by atoms with Crippen LogP contribution in [0, 0.1) is 5.82 Å². The highest BCUT2D eigenvalue weighted by Gasteiger charge is 2.15. The maximum Gasteiger partial charge on any atom is 0.171 e. The quantitative estimate of drug-likeness (QED) is 0.801. The van der Waals surface area contributed by atoms with E-state index in [0.717, 1.165) is 0 Å². The SMILES string of the molecule is CC(C)n1ccc(CC(=O)c2cccc(Cl)c2F)n1. The minimum atomic E-state index is -0.669. The normalized spacial score (nSPS) is 11.0. The van der Waals surface area contributed by atoms with Crippen LogP contribution in [0.1, 0.15) is 35.9 Å². The molecular weight excluding hydrogens is 267 g/mol. The molecule has 0 atom stereocenters. The van der Waals surface area contributed by atoms with Crippen LogP contribution >= 0.6 is 11.6 Å². The van der Waals surface area contributed by atoms with E-state index in [2.05, 4.69) is 5.10 Å². The average molecular weight is 281 g/mol. The Morgan fingerprint density at radius 1 is 1.42 bits per heavy atom. The molecule has 1 aromatic heterocycles. The molecule has 5 heteroatoms. The minimum Gasteiger partial charge on any atom is -0.294 e. The first-order chi connectivity index (χ1) is 8.99. The molecule has 2 rings (SSSR count). The van der Waals surface area contributed by atoms with E-state index < -0.39 is 5.82 Å². The molecular formula is C14H14ClFN2O. The molecule has 0 N–H and O–H groups in total. The minimum absolute atomic E-state index is 0.00611. The Bertz CT molecular complexity index is 607. The van der Waals surface area contributed by atoms with Crippen molar-refractivity contribution in [3.05, 3.63) is 52.6 Å². The number of ketones is 1. The van der Waals surface area contributed by atoms with Crippen LogP contribution in [0.5, 0.6) is 0 Å². The predicted molar refractivity (Wildman–Crippen MR) is 72.1 cm³/mol. The first-order valence-corrected chi connectivity index (χ1v) is 6.38. The van der Waals surface area contributed by atoms with Crippen molar-refractivity contribution in [1.29, 1.82) is 0 Å². The highest BCUT2D eigenvalue weighted by atomic mass is 35.5. The molecule has 0 fully saturated rings. The van der Waals surface area contributed by atoms with E-state index in [-0.39, 0.29) is 28.8 Å². The lowest BCUT2D eigenvalue weighted by Gasteiger charge is -2.04. The van der Waals surface area contributed by atoms with E-state index in [1.807, 2.05) is 20.0 Å². The van der Waals surface area contributed by atoms with E-state index >= 15 is 0 Å². The summed E-state index contributed by atoms with van der Waals surface area (Å²) in [5, 5.41) is 4.22. The molecule has 0 saturated carbocycles. The van der Waals surface area contributed by atoms with Gasteiger partial charge in [0, 0.05) is 12.2 Å². The van der Waals surface area contributed by atoms with Crippen LogP contribution in [0.2, 0.25) is 5.02 Å². The predicted octanol–water partition coefficient (Wildman–Crippen LogP) is 3.68. The van der Waals surface area contributed by atoms with E-state index in [1.165, 1.54) is 12.1 Å². The summed E-state index contributed by atoms with van der Waals surface area (Å²) in [7, 11) is 0. The second-order valence-electron chi connectivity index (χ2n) is 4.58. The number of aromatic nitrogens is 2. The molecule has 0 unspecified atom stereocenters. The molecule has 100 valence electrons. The summed E-state index contributed by atoms with van der Waals surface area (Å²) in [6.07, 6.45) is 1.87. The first-order valence-electron chi connectivity index (χ1n) is 6.00. The summed E-state index contributed by atoms with van der Waals surface area (Å²) in [6, 6.07) is 6.40. The molecule has 2 aromatic rings. The van der Waals surface area contributed by atoms with Gasteiger partial charge in [-0.2, -0.15) is 5.10 Å². The molecule has 0 spiro atoms. The lowest BCUT2D eigenvalue weighted by atomic mass is 10.1. The van der Waals surface area contributed by atoms with Gasteiger partial charge in [0.15, 0.2) is 11.6 Å². The lowest BCUT2D eigenvalue weighted by molar-refractivity contribution is 0.0988. The molecule has 0 bridgehead atoms. The van der Waals surface area contributed by atoms with Crippen LogP contribution in [0.15, 0.2) is 30.5 Å². The molecule has 3 nitrogen and oxygen atoms in total. The van der Waals surface area contributed by atoms with Gasteiger partial charge in [0.05, 0.1) is 22.7 Å². The summed E-state index contributed by atoms with van der Waals surface area (Å²) < 4.78 is 15.5. The topological polar surface area (TPSA) is 34.9 Å². The lowest BCUT2D eigenvalue weighted by Crippen LogP contribution is -2.08. The number of benzene rings is 1. The van der Waals surface area contributed by atoms with Crippen molar-refractivity contribution < 1.29 is 9.18 Å². The monoisotopic (exact) mass is 280 g/mol. The Balaban J connectivity index is 2.18. The van der Waals surface area contributed by atoms with Crippen LogP contribution in [0.25, 0.3) is 0 Å². The number of nitrogens with zero attached hydrogens (tertiary/aromatic N) is 2. The zero-order valence-electron chi connectivity index (χ0n) is 10.7. The molecule has 0 amide bonds. The van der Waals surface area contributed by atoms with Gasteiger partial charge in [-0.1, -0.05) is 17.7 Å². The maximum atomic E-state index is 13.7. The van der Waals surface area contributed by atoms with Gasteiger partial charge in [0.1, 0.15) is 0 Å². The number of hydrogen-bond donors (Lipinski definition) is 0. The smallest absolute Gasteiger partial charge is 0.171 e. The second kappa shape index (κ2) is 5.53. The van der Waals surface area contributed by atoms with Gasteiger partial charge in [0.25, 0.3) is 0 Å². The molecule has 0 radical (unpaired) electrons. The highest BCUT2D eigenvalue weighted by Crippen LogP contribution is 2.19. The third kappa shape index (κ3) is 3.01. The van der Waals surface area contributed by atoms with Crippen LogP contribution in [0.3, 0.4) is 0 Å². The van der Waals surface area contributed by atoms with Crippen molar-refractivity contribution in [1.82, 2.24) is 9.78 Å². The van der Waals surface area contributed by atoms with Gasteiger partial charge in [-0.25, -0.2) is 4.39 Å². The summed E-state index contributed by atoms with van der Waals surface area (Å²) in [5.74, 6) is -0.994. The van der Waals surface area contributed by atoms with Crippen molar-refractivity contribution in [2.75, 3.05) is 0 Å². The Kier molecular flexibility index (Phi) is 4.00. The van der Waals surface area contributed by atoms with E-state index in [9.17, 15) is 9.18 Å². The van der Waals surface area contributed by atoms with Crippen molar-refractivity contribution in [2.24, 2.45) is 0 Å². The van der Waals surface area contributed by atoms with Gasteiger partial charge in [-0.3, -0.25) is 9.48 Å². The highest BCUT2D eigenvalue weighted by molar-refractivity contribution is 6.31. The molecule has 0 aliphatic rings. The molecule has 0 saturated heterocycles. The third-order valence-electron chi connectivity index (χ3n) is 2.79. The van der Waals surface area contributed by atoms with Crippen molar-refractivity contribution in [2.45, 2.75) is 26.3 Å². The summed E-state index contributed by atoms with van der Waals surface area (Å²) in [4.78, 5) is 12.0. The van der Waals surface area contributed by atoms with E-state index in [4.69, 9.17) is 11.6 Å². The summed E-state index contributed by atoms with van der Waals surface area (Å²) in [6.45, 7) is 3.99. The molecule has 1 aromatic carbocycles. The molecule has 1 heterocycles. The van der Waals surface area contributed by atoms with E-state index in [1.54, 1.807) is 16.8 Å². The second-order valence-corrected chi connectivity index (χ2v) is 4.99. The van der Waals surface area contributed by atoms with Crippen LogP contribution in [-0.4, -0.2) is 15.6 Å². The van der Waals surface area contributed by atoms with Gasteiger partial charge in [-0.15, -0.1) is 0 Å². The zero-order chi connectivity index (χ0) is 14.0. The Morgan fingerprint density at radius 3 is 2.79 bits per heavy atom. The van der Waals surface area contributed by atoms with E-state index in [0.29, 0.717) is 5.69 Å². The van der Waals surface area contributed by atoms with Crippen molar-refractivity contribution in [3.63, 3.8) is 0 Å². The van der Waals surface area contributed by atoms with Gasteiger partial charge in [-0.05, 0) is 32.0 Å². The summed E-state index contributed by atoms with van der Waals surface area (Å²) in [5.41, 5.74) is 0.629. The number of rotatable bonds is 4. The van der Waals surface area contributed by atoms with Gasteiger partial charge in [0.2, 0.25) is 0 Å². The van der Waals surface area contributed by atoms with Crippen LogP contribution in [0.4, 0.5) is 4.39 Å². The summed E-state index contributed by atoms with van der Waals surface area (Å²) >= 11 is 5.66. The third-order valence-corrected chi connectivity index (χ3v) is 3.08. The number of Topliss-reactive ketones (excluding diaryl/α,β-unsaturated/α-hetero) is 1. The van der Waals surface area contributed by atoms with Gasteiger partial charge >= 0.3 is 0 Å². The molecule has 19 heavy (non-hydrogen) atoms. The fraction of sp³-hybridized carbons (Fsp3) is 0.286. The number of hydrogen-bond acceptors (Lipinski definition) is 2. The fourth-order valence-corrected chi connectivity index (χ4v) is 1.91. The van der Waals surface area contributed by atoms with Crippen LogP contribution in [-0.2, 0) is 6.42 Å². The Hall–Kier alpha value is -1.68. The van der Waals surface area contributed by atoms with Crippen LogP contribution < -0.4 is 0 Å². The fourth-order valence-electron chi connectivity index (χ4n) is 1.74. The van der Waals surface area contributed by atoms with Crippen molar-refractivity contribution in [3.8, 4) is 0 Å². The number of carbonyl (C=O) groups excluding carboxylic acids is 1. The van der Waals surface area contributed by atoms with Gasteiger partial charge < -0.3 is 0 Å². The largest absolute Gasteiger partial charge is 0.294 e. The molecule has 0 aliphatic heterocycles. The Morgan fingerprint density at radius 2 is 2.16 bits per heavy atom. The first kappa shape index (κ1) is 13.7. The standard InChI is InChI=1S/C14H14ClFN2O/c1-9(2)18-7-6-10(17-18)8-13(19)11-4-3-5-12(15)14(11)16/h3-7,9H,8H2,1-2H3. The van der Waals surface area contributed by atoms with Crippen molar-refractivity contribution >= 4 is 17.4 Å². The Labute approximate surface area is 116 Å². The number of halogens is 2. The average Bonchev–Trinajstić information content (AvgIpc) is 2.81. The molecule has 0 aliphatic carbocycles. The number of carbonyl (C=O) groups is 1. The maximum absolute atomic E-state index is 13.7. The zero-order valence-corrected chi connectivity index (χ0v) is 11.5.